The molecule has 21 heavy (non-hydrogen) atoms. The van der Waals surface area contributed by atoms with Gasteiger partial charge in [0.1, 0.15) is 0 Å². The van der Waals surface area contributed by atoms with Gasteiger partial charge < -0.3 is 10.1 Å². The highest BCUT2D eigenvalue weighted by molar-refractivity contribution is 5.78. The fourth-order valence-electron chi connectivity index (χ4n) is 2.71. The van der Waals surface area contributed by atoms with E-state index in [1.807, 2.05) is 0 Å². The molecule has 1 aromatic rings. The molecular formula is C17H26N2O2. The Labute approximate surface area is 127 Å². The molecule has 1 N–H and O–H groups in total. The van der Waals surface area contributed by atoms with Crippen LogP contribution in [-0.2, 0) is 16.1 Å². The van der Waals surface area contributed by atoms with Crippen LogP contribution in [0.4, 0.5) is 0 Å². The first-order valence-corrected chi connectivity index (χ1v) is 7.71. The number of nitrogens with zero attached hydrogens (tertiary/aromatic N) is 1. The van der Waals surface area contributed by atoms with Crippen molar-refractivity contribution in [2.45, 2.75) is 26.3 Å². The molecule has 1 amide bonds. The van der Waals surface area contributed by atoms with Crippen LogP contribution in [0.1, 0.15) is 24.0 Å². The molecule has 0 aliphatic carbocycles. The summed E-state index contributed by atoms with van der Waals surface area (Å²) in [5.74, 6) is 0.766. The SMILES string of the molecule is COCC1CCN(CC(=O)NCc2ccc(C)cc2)CC1. The lowest BCUT2D eigenvalue weighted by molar-refractivity contribution is -0.122. The van der Waals surface area contributed by atoms with E-state index in [-0.39, 0.29) is 5.91 Å². The summed E-state index contributed by atoms with van der Waals surface area (Å²) in [5, 5.41) is 3.00. The van der Waals surface area contributed by atoms with Gasteiger partial charge in [0.05, 0.1) is 6.54 Å². The van der Waals surface area contributed by atoms with Gasteiger partial charge in [-0.05, 0) is 44.3 Å². The summed E-state index contributed by atoms with van der Waals surface area (Å²) < 4.78 is 5.20. The normalized spacial score (nSPS) is 16.9. The van der Waals surface area contributed by atoms with E-state index in [1.54, 1.807) is 7.11 Å². The maximum atomic E-state index is 12.0. The van der Waals surface area contributed by atoms with Crippen molar-refractivity contribution < 1.29 is 9.53 Å². The number of piperidine rings is 1. The van der Waals surface area contributed by atoms with Crippen molar-refractivity contribution in [1.29, 1.82) is 0 Å². The molecule has 2 rings (SSSR count). The van der Waals surface area contributed by atoms with Gasteiger partial charge in [-0.25, -0.2) is 0 Å². The molecule has 0 spiro atoms. The number of hydrogen-bond acceptors (Lipinski definition) is 3. The Morgan fingerprint density at radius 3 is 2.57 bits per heavy atom. The molecule has 1 aliphatic rings. The third-order valence-corrected chi connectivity index (χ3v) is 4.09. The summed E-state index contributed by atoms with van der Waals surface area (Å²) in [6.07, 6.45) is 2.25. The van der Waals surface area contributed by atoms with Crippen LogP contribution in [0.3, 0.4) is 0 Å². The molecule has 0 bridgehead atoms. The number of ether oxygens (including phenoxy) is 1. The Kier molecular flexibility index (Phi) is 6.21. The molecule has 4 heteroatoms. The molecule has 0 radical (unpaired) electrons. The van der Waals surface area contributed by atoms with E-state index in [0.29, 0.717) is 19.0 Å². The third-order valence-electron chi connectivity index (χ3n) is 4.09. The second kappa shape index (κ2) is 8.15. The van der Waals surface area contributed by atoms with Crippen molar-refractivity contribution in [2.24, 2.45) is 5.92 Å². The number of aryl methyl sites for hydroxylation is 1. The number of likely N-dealkylation sites (tertiary alicyclic amines) is 1. The molecule has 0 atom stereocenters. The molecule has 1 aromatic carbocycles. The summed E-state index contributed by atoms with van der Waals surface area (Å²) in [4.78, 5) is 14.2. The number of carbonyl (C=O) groups excluding carboxylic acids is 1. The van der Waals surface area contributed by atoms with Crippen LogP contribution >= 0.6 is 0 Å². The number of amides is 1. The van der Waals surface area contributed by atoms with Crippen LogP contribution < -0.4 is 5.32 Å². The van der Waals surface area contributed by atoms with E-state index < -0.39 is 0 Å². The predicted octanol–water partition coefficient (Wildman–Crippen LogP) is 1.97. The van der Waals surface area contributed by atoms with Crippen LogP contribution in [0.2, 0.25) is 0 Å². The molecule has 1 fully saturated rings. The number of hydrogen-bond donors (Lipinski definition) is 1. The van der Waals surface area contributed by atoms with Crippen LogP contribution in [-0.4, -0.2) is 44.2 Å². The molecule has 0 saturated carbocycles. The van der Waals surface area contributed by atoms with Crippen LogP contribution in [0.15, 0.2) is 24.3 Å². The lowest BCUT2D eigenvalue weighted by atomic mass is 9.98. The van der Waals surface area contributed by atoms with Crippen LogP contribution in [0.25, 0.3) is 0 Å². The minimum atomic E-state index is 0.112. The number of carbonyl (C=O) groups is 1. The van der Waals surface area contributed by atoms with E-state index in [0.717, 1.165) is 38.1 Å². The van der Waals surface area contributed by atoms with E-state index >= 15 is 0 Å². The van der Waals surface area contributed by atoms with Crippen LogP contribution in [0, 0.1) is 12.8 Å². The molecule has 116 valence electrons. The first-order valence-electron chi connectivity index (χ1n) is 7.71. The Bertz CT molecular complexity index is 437. The van der Waals surface area contributed by atoms with E-state index in [4.69, 9.17) is 4.74 Å². The summed E-state index contributed by atoms with van der Waals surface area (Å²) >= 11 is 0. The molecule has 1 heterocycles. The largest absolute Gasteiger partial charge is 0.384 e. The first kappa shape index (κ1) is 16.0. The lowest BCUT2D eigenvalue weighted by Gasteiger charge is -2.31. The number of rotatable bonds is 6. The zero-order chi connectivity index (χ0) is 15.1. The van der Waals surface area contributed by atoms with Gasteiger partial charge in [0, 0.05) is 20.3 Å². The smallest absolute Gasteiger partial charge is 0.234 e. The lowest BCUT2D eigenvalue weighted by Crippen LogP contribution is -2.41. The number of methoxy groups -OCH3 is 1. The fourth-order valence-corrected chi connectivity index (χ4v) is 2.71. The Morgan fingerprint density at radius 1 is 1.29 bits per heavy atom. The van der Waals surface area contributed by atoms with Gasteiger partial charge in [-0.15, -0.1) is 0 Å². The highest BCUT2D eigenvalue weighted by Gasteiger charge is 2.20. The number of nitrogens with one attached hydrogen (secondary N) is 1. The minimum absolute atomic E-state index is 0.112. The van der Waals surface area contributed by atoms with E-state index in [1.165, 1.54) is 5.56 Å². The van der Waals surface area contributed by atoms with Crippen molar-refractivity contribution >= 4 is 5.91 Å². The first-order chi connectivity index (χ1) is 10.2. The van der Waals surface area contributed by atoms with Crippen molar-refractivity contribution in [1.82, 2.24) is 10.2 Å². The standard InChI is InChI=1S/C17H26N2O2/c1-14-3-5-15(6-4-14)11-18-17(20)12-19-9-7-16(8-10-19)13-21-2/h3-6,16H,7-13H2,1-2H3,(H,18,20). The molecule has 4 nitrogen and oxygen atoms in total. The molecule has 1 saturated heterocycles. The zero-order valence-corrected chi connectivity index (χ0v) is 13.1. The van der Waals surface area contributed by atoms with Gasteiger partial charge >= 0.3 is 0 Å². The molecule has 0 unspecified atom stereocenters. The van der Waals surface area contributed by atoms with E-state index in [9.17, 15) is 4.79 Å². The second-order valence-corrected chi connectivity index (χ2v) is 5.94. The van der Waals surface area contributed by atoms with Crippen molar-refractivity contribution in [2.75, 3.05) is 33.4 Å². The maximum Gasteiger partial charge on any atom is 0.234 e. The van der Waals surface area contributed by atoms with Gasteiger partial charge in [0.25, 0.3) is 0 Å². The van der Waals surface area contributed by atoms with Gasteiger partial charge in [0.2, 0.25) is 5.91 Å². The molecule has 0 aromatic heterocycles. The minimum Gasteiger partial charge on any atom is -0.384 e. The van der Waals surface area contributed by atoms with Crippen LogP contribution in [0.5, 0.6) is 0 Å². The summed E-state index contributed by atoms with van der Waals surface area (Å²) in [5.41, 5.74) is 2.39. The average Bonchev–Trinajstić information content (AvgIpc) is 2.49. The summed E-state index contributed by atoms with van der Waals surface area (Å²) in [6.45, 7) is 6.01. The van der Waals surface area contributed by atoms with Crippen molar-refractivity contribution in [3.05, 3.63) is 35.4 Å². The third kappa shape index (κ3) is 5.48. The van der Waals surface area contributed by atoms with Gasteiger partial charge in [0.15, 0.2) is 0 Å². The van der Waals surface area contributed by atoms with Crippen molar-refractivity contribution in [3.63, 3.8) is 0 Å². The fraction of sp³-hybridized carbons (Fsp3) is 0.588. The second-order valence-electron chi connectivity index (χ2n) is 5.94. The van der Waals surface area contributed by atoms with Gasteiger partial charge in [-0.2, -0.15) is 0 Å². The number of benzene rings is 1. The molecule has 1 aliphatic heterocycles. The monoisotopic (exact) mass is 290 g/mol. The predicted molar refractivity (Wildman–Crippen MR) is 84.1 cm³/mol. The Morgan fingerprint density at radius 2 is 1.95 bits per heavy atom. The topological polar surface area (TPSA) is 41.6 Å². The maximum absolute atomic E-state index is 12.0. The van der Waals surface area contributed by atoms with Gasteiger partial charge in [-0.3, -0.25) is 9.69 Å². The van der Waals surface area contributed by atoms with Gasteiger partial charge in [-0.1, -0.05) is 29.8 Å². The quantitative estimate of drug-likeness (QED) is 0.871. The van der Waals surface area contributed by atoms with Crippen molar-refractivity contribution in [3.8, 4) is 0 Å². The summed E-state index contributed by atoms with van der Waals surface area (Å²) in [6, 6.07) is 8.27. The summed E-state index contributed by atoms with van der Waals surface area (Å²) in [7, 11) is 1.75. The highest BCUT2D eigenvalue weighted by Crippen LogP contribution is 2.16. The Balaban J connectivity index is 1.67. The molecular weight excluding hydrogens is 264 g/mol. The van der Waals surface area contributed by atoms with E-state index in [2.05, 4.69) is 41.4 Å². The Hall–Kier alpha value is -1.39. The highest BCUT2D eigenvalue weighted by atomic mass is 16.5. The zero-order valence-electron chi connectivity index (χ0n) is 13.1. The average molecular weight is 290 g/mol.